The lowest BCUT2D eigenvalue weighted by Crippen LogP contribution is -2.41. The molecule has 0 saturated carbocycles. The number of alkyl halides is 6. The first-order chi connectivity index (χ1) is 20.5. The zero-order chi connectivity index (χ0) is 32.3. The van der Waals surface area contributed by atoms with Gasteiger partial charge in [-0.2, -0.15) is 31.4 Å². The molecule has 4 rings (SSSR count). The molecule has 1 aliphatic heterocycles. The fourth-order valence-electron chi connectivity index (χ4n) is 4.61. The van der Waals surface area contributed by atoms with Gasteiger partial charge >= 0.3 is 12.4 Å². The summed E-state index contributed by atoms with van der Waals surface area (Å²) in [5.41, 5.74) is 0.980. The number of carbonyl (C=O) groups excluding carboxylic acids is 2. The molecular formula is C27H28F6N4O6S. The number of rotatable bonds is 12. The number of nitrogens with one attached hydrogen (secondary N) is 2. The maximum atomic E-state index is 13.2. The Bertz CT molecular complexity index is 1610. The number of amides is 2. The first-order valence-electron chi connectivity index (χ1n) is 13.3. The van der Waals surface area contributed by atoms with Crippen molar-refractivity contribution in [1.82, 2.24) is 15.1 Å². The molecule has 1 aromatic carbocycles. The van der Waals surface area contributed by atoms with Gasteiger partial charge in [0.15, 0.2) is 9.84 Å². The quantitative estimate of drug-likeness (QED) is 0.217. The molecule has 0 unspecified atom stereocenters. The number of benzene rings is 1. The summed E-state index contributed by atoms with van der Waals surface area (Å²) < 4.78 is 111. The number of fused-ring (bicyclic) bond motifs is 1. The average Bonchev–Trinajstić information content (AvgIpc) is 3.49. The summed E-state index contributed by atoms with van der Waals surface area (Å²) in [6, 6.07) is 8.16. The lowest BCUT2D eigenvalue weighted by atomic mass is 9.96. The summed E-state index contributed by atoms with van der Waals surface area (Å²) in [6.45, 7) is -0.503. The van der Waals surface area contributed by atoms with Crippen LogP contribution in [0.25, 0.3) is 0 Å². The molecule has 0 saturated heterocycles. The number of ether oxygens (including phenoxy) is 1. The number of sulfone groups is 1. The number of aryl methyl sites for hydroxylation is 1. The van der Waals surface area contributed by atoms with Crippen molar-refractivity contribution in [2.45, 2.75) is 57.0 Å². The Hall–Kier alpha value is -4.02. The standard InChI is InChI=1S/C27H28F6N4O6S/c1-44(40,41)15-22(38)35-24-23-20(36-37(24)14-19-8-9-21(43-19)27(31,32)33)13-17(34-25(23)39)7-6-16-4-2-5-18(12-16)42-11-3-10-26(28,29)30/h2,4-5,8-9,12,17H,3,6-7,10-11,13-15H2,1H3,(H,34,39)(H,35,38)/t17-/m0/s1. The molecule has 0 fully saturated rings. The number of aromatic nitrogens is 2. The molecule has 2 aromatic heterocycles. The molecule has 240 valence electrons. The molecule has 2 N–H and O–H groups in total. The number of hydrogen-bond donors (Lipinski definition) is 2. The predicted molar refractivity (Wildman–Crippen MR) is 144 cm³/mol. The van der Waals surface area contributed by atoms with E-state index in [0.29, 0.717) is 18.6 Å². The normalized spacial score (nSPS) is 15.5. The molecule has 0 radical (unpaired) electrons. The molecule has 0 bridgehead atoms. The van der Waals surface area contributed by atoms with Crippen molar-refractivity contribution < 1.29 is 53.5 Å². The highest BCUT2D eigenvalue weighted by Crippen LogP contribution is 2.32. The van der Waals surface area contributed by atoms with Crippen LogP contribution in [0.15, 0.2) is 40.8 Å². The van der Waals surface area contributed by atoms with Gasteiger partial charge in [-0.1, -0.05) is 12.1 Å². The largest absolute Gasteiger partial charge is 0.494 e. The van der Waals surface area contributed by atoms with Gasteiger partial charge in [-0.3, -0.25) is 9.59 Å². The number of carbonyl (C=O) groups is 2. The van der Waals surface area contributed by atoms with Gasteiger partial charge in [0.05, 0.1) is 12.3 Å². The number of hydrogen-bond acceptors (Lipinski definition) is 7. The van der Waals surface area contributed by atoms with E-state index in [1.165, 1.54) is 0 Å². The summed E-state index contributed by atoms with van der Waals surface area (Å²) in [5, 5.41) is 9.50. The third kappa shape index (κ3) is 9.24. The molecule has 44 heavy (non-hydrogen) atoms. The van der Waals surface area contributed by atoms with E-state index in [-0.39, 0.29) is 42.3 Å². The van der Waals surface area contributed by atoms with E-state index in [1.54, 1.807) is 24.3 Å². The van der Waals surface area contributed by atoms with Crippen molar-refractivity contribution in [2.75, 3.05) is 23.9 Å². The zero-order valence-corrected chi connectivity index (χ0v) is 24.0. The zero-order valence-electron chi connectivity index (χ0n) is 23.2. The molecule has 2 amide bonds. The topological polar surface area (TPSA) is 133 Å². The summed E-state index contributed by atoms with van der Waals surface area (Å²) in [7, 11) is -3.74. The van der Waals surface area contributed by atoms with Gasteiger partial charge in [-0.05, 0) is 49.1 Å². The second-order valence-electron chi connectivity index (χ2n) is 10.3. The first-order valence-corrected chi connectivity index (χ1v) is 15.4. The second-order valence-corrected chi connectivity index (χ2v) is 12.5. The number of furan rings is 1. The maximum Gasteiger partial charge on any atom is 0.449 e. The van der Waals surface area contributed by atoms with Crippen molar-refractivity contribution in [1.29, 1.82) is 0 Å². The van der Waals surface area contributed by atoms with Gasteiger partial charge in [-0.25, -0.2) is 13.1 Å². The minimum atomic E-state index is -4.74. The van der Waals surface area contributed by atoms with E-state index >= 15 is 0 Å². The smallest absolute Gasteiger partial charge is 0.449 e. The molecule has 10 nitrogen and oxygen atoms in total. The Morgan fingerprint density at radius 3 is 2.59 bits per heavy atom. The fourth-order valence-corrected chi connectivity index (χ4v) is 5.16. The SMILES string of the molecule is CS(=O)(=O)CC(=O)Nc1c2c(nn1Cc1ccc(C(F)(F)F)o1)C[C@H](CCc1cccc(OCCCC(F)(F)F)c1)NC2=O. The molecule has 0 aliphatic carbocycles. The summed E-state index contributed by atoms with van der Waals surface area (Å²) in [6.07, 6.45) is -8.24. The monoisotopic (exact) mass is 650 g/mol. The summed E-state index contributed by atoms with van der Waals surface area (Å²) in [4.78, 5) is 25.6. The highest BCUT2D eigenvalue weighted by atomic mass is 32.2. The minimum Gasteiger partial charge on any atom is -0.494 e. The van der Waals surface area contributed by atoms with Crippen LogP contribution in [-0.4, -0.2) is 60.8 Å². The number of nitrogens with zero attached hydrogens (tertiary/aromatic N) is 2. The predicted octanol–water partition coefficient (Wildman–Crippen LogP) is 4.53. The van der Waals surface area contributed by atoms with Crippen LogP contribution in [0.2, 0.25) is 0 Å². The van der Waals surface area contributed by atoms with Crippen LogP contribution in [-0.2, 0) is 40.2 Å². The van der Waals surface area contributed by atoms with Crippen molar-refractivity contribution >= 4 is 27.5 Å². The molecule has 0 spiro atoms. The van der Waals surface area contributed by atoms with E-state index < -0.39 is 64.5 Å². The Morgan fingerprint density at radius 1 is 1.18 bits per heavy atom. The average molecular weight is 651 g/mol. The molecule has 3 aromatic rings. The lowest BCUT2D eigenvalue weighted by Gasteiger charge is -2.23. The lowest BCUT2D eigenvalue weighted by molar-refractivity contribution is -0.153. The highest BCUT2D eigenvalue weighted by molar-refractivity contribution is 7.91. The van der Waals surface area contributed by atoms with Crippen LogP contribution in [0.1, 0.15) is 52.4 Å². The van der Waals surface area contributed by atoms with Crippen LogP contribution in [0.4, 0.5) is 32.2 Å². The van der Waals surface area contributed by atoms with Gasteiger partial charge in [0.2, 0.25) is 11.7 Å². The Balaban J connectivity index is 1.48. The second kappa shape index (κ2) is 12.9. The van der Waals surface area contributed by atoms with E-state index in [1.807, 2.05) is 0 Å². The van der Waals surface area contributed by atoms with Crippen LogP contribution < -0.4 is 15.4 Å². The molecule has 1 atom stereocenters. The third-order valence-electron chi connectivity index (χ3n) is 6.48. The van der Waals surface area contributed by atoms with Crippen molar-refractivity contribution in [3.05, 3.63) is 64.7 Å². The maximum absolute atomic E-state index is 13.2. The third-order valence-corrected chi connectivity index (χ3v) is 7.26. The molecular weight excluding hydrogens is 622 g/mol. The van der Waals surface area contributed by atoms with Crippen molar-refractivity contribution in [2.24, 2.45) is 0 Å². The van der Waals surface area contributed by atoms with E-state index in [4.69, 9.17) is 9.15 Å². The Labute approximate surface area is 247 Å². The van der Waals surface area contributed by atoms with Crippen LogP contribution in [0.3, 0.4) is 0 Å². The number of halogens is 6. The van der Waals surface area contributed by atoms with Gasteiger partial charge in [0.25, 0.3) is 5.91 Å². The van der Waals surface area contributed by atoms with E-state index in [2.05, 4.69) is 15.7 Å². The Kier molecular flexibility index (Phi) is 9.65. The first kappa shape index (κ1) is 32.9. The molecule has 3 heterocycles. The Morgan fingerprint density at radius 2 is 1.93 bits per heavy atom. The molecule has 17 heteroatoms. The highest BCUT2D eigenvalue weighted by Gasteiger charge is 2.36. The minimum absolute atomic E-state index is 0.0556. The number of anilines is 1. The summed E-state index contributed by atoms with van der Waals surface area (Å²) in [5.74, 6) is -3.71. The summed E-state index contributed by atoms with van der Waals surface area (Å²) >= 11 is 0. The van der Waals surface area contributed by atoms with E-state index in [9.17, 15) is 44.3 Å². The van der Waals surface area contributed by atoms with Gasteiger partial charge in [-0.15, -0.1) is 0 Å². The fraction of sp³-hybridized carbons (Fsp3) is 0.444. The van der Waals surface area contributed by atoms with Crippen molar-refractivity contribution in [3.63, 3.8) is 0 Å². The van der Waals surface area contributed by atoms with Gasteiger partial charge in [0.1, 0.15) is 35.2 Å². The van der Waals surface area contributed by atoms with Crippen LogP contribution >= 0.6 is 0 Å². The van der Waals surface area contributed by atoms with Crippen molar-refractivity contribution in [3.8, 4) is 5.75 Å². The van der Waals surface area contributed by atoms with Gasteiger partial charge in [0, 0.05) is 25.1 Å². The van der Waals surface area contributed by atoms with Gasteiger partial charge < -0.3 is 19.8 Å². The van der Waals surface area contributed by atoms with E-state index in [0.717, 1.165) is 28.6 Å². The van der Waals surface area contributed by atoms with Crippen LogP contribution in [0.5, 0.6) is 5.75 Å². The molecule has 1 aliphatic rings. The van der Waals surface area contributed by atoms with Crippen LogP contribution in [0, 0.1) is 0 Å².